The van der Waals surface area contributed by atoms with Crippen molar-refractivity contribution in [3.05, 3.63) is 57.5 Å². The van der Waals surface area contributed by atoms with Crippen molar-refractivity contribution in [3.8, 4) is 11.8 Å². The van der Waals surface area contributed by atoms with Crippen LogP contribution >= 0.6 is 0 Å². The molecule has 1 aromatic carbocycles. The van der Waals surface area contributed by atoms with Gasteiger partial charge in [-0.3, -0.25) is 9.59 Å². The van der Waals surface area contributed by atoms with Gasteiger partial charge < -0.3 is 9.64 Å². The van der Waals surface area contributed by atoms with Crippen molar-refractivity contribution >= 4 is 17.4 Å². The highest BCUT2D eigenvalue weighted by Gasteiger charge is 2.58. The van der Waals surface area contributed by atoms with Gasteiger partial charge in [0.05, 0.1) is 5.92 Å². The van der Waals surface area contributed by atoms with Crippen LogP contribution in [0.3, 0.4) is 0 Å². The highest BCUT2D eigenvalue weighted by atomic mass is 19.4. The van der Waals surface area contributed by atoms with Crippen molar-refractivity contribution in [2.24, 2.45) is 34.3 Å². The minimum absolute atomic E-state index is 0.0355. The Labute approximate surface area is 256 Å². The molecule has 6 nitrogen and oxygen atoms in total. The van der Waals surface area contributed by atoms with Gasteiger partial charge in [-0.2, -0.15) is 18.1 Å². The number of allylic oxidation sites excluding steroid dienone is 3. The number of fused-ring (bicyclic) bond motifs is 4. The molecule has 0 radical (unpaired) electrons. The van der Waals surface area contributed by atoms with Crippen molar-refractivity contribution in [1.29, 1.82) is 0 Å². The fourth-order valence-electron chi connectivity index (χ4n) is 9.18. The third-order valence-corrected chi connectivity index (χ3v) is 11.1. The molecule has 234 valence electrons. The van der Waals surface area contributed by atoms with E-state index in [9.17, 15) is 27.7 Å². The molecule has 0 amide bonds. The monoisotopic (exact) mass is 608 g/mol. The van der Waals surface area contributed by atoms with Crippen LogP contribution in [-0.4, -0.2) is 43.7 Å². The lowest BCUT2D eigenvalue weighted by atomic mass is 9.51. The van der Waals surface area contributed by atoms with E-state index in [1.54, 1.807) is 6.08 Å². The SMILES string of the molecule is CC(=O)OCC(=O)[C@H]1CC[C@H]2[C@@H]3CCC4=CC(N=O)C(C#CC(F)(F)F)CC4=C3C(c3ccc(N4CCCC4)cc3)C[C@]12C. The number of alkyl halides is 3. The third-order valence-electron chi connectivity index (χ3n) is 11.1. The summed E-state index contributed by atoms with van der Waals surface area (Å²) in [6, 6.07) is 7.77. The molecule has 7 atom stereocenters. The molecule has 5 aliphatic rings. The second-order valence-corrected chi connectivity index (χ2v) is 13.5. The number of halogens is 3. The summed E-state index contributed by atoms with van der Waals surface area (Å²) in [6.07, 6.45) is 3.59. The number of carbonyl (C=O) groups excluding carboxylic acids is 2. The average molecular weight is 609 g/mol. The van der Waals surface area contributed by atoms with Gasteiger partial charge in [0.25, 0.3) is 0 Å². The average Bonchev–Trinajstić information content (AvgIpc) is 3.65. The van der Waals surface area contributed by atoms with Crippen LogP contribution in [0.5, 0.6) is 0 Å². The summed E-state index contributed by atoms with van der Waals surface area (Å²) in [6.45, 7) is 5.37. The van der Waals surface area contributed by atoms with Crippen LogP contribution in [0, 0.1) is 45.8 Å². The van der Waals surface area contributed by atoms with Crippen molar-refractivity contribution in [2.45, 2.75) is 83.4 Å². The van der Waals surface area contributed by atoms with E-state index in [0.717, 1.165) is 49.1 Å². The van der Waals surface area contributed by atoms with E-state index < -0.39 is 24.1 Å². The van der Waals surface area contributed by atoms with E-state index in [-0.39, 0.29) is 47.9 Å². The Hall–Kier alpha value is -3.41. The van der Waals surface area contributed by atoms with Crippen molar-refractivity contribution in [3.63, 3.8) is 0 Å². The molecule has 9 heteroatoms. The Morgan fingerprint density at radius 1 is 1.11 bits per heavy atom. The fourth-order valence-corrected chi connectivity index (χ4v) is 9.18. The second kappa shape index (κ2) is 11.8. The van der Waals surface area contributed by atoms with Crippen LogP contribution in [-0.2, 0) is 14.3 Å². The Morgan fingerprint density at radius 2 is 1.84 bits per heavy atom. The van der Waals surface area contributed by atoms with Crippen molar-refractivity contribution in [2.75, 3.05) is 24.6 Å². The van der Waals surface area contributed by atoms with Gasteiger partial charge in [0.15, 0.2) is 5.78 Å². The Kier molecular flexibility index (Phi) is 8.23. The maximum Gasteiger partial charge on any atom is 0.457 e. The summed E-state index contributed by atoms with van der Waals surface area (Å²) in [7, 11) is 0. The zero-order valence-electron chi connectivity index (χ0n) is 25.3. The Morgan fingerprint density at radius 3 is 2.50 bits per heavy atom. The van der Waals surface area contributed by atoms with E-state index in [1.807, 2.05) is 0 Å². The van der Waals surface area contributed by atoms with Gasteiger partial charge >= 0.3 is 12.1 Å². The topological polar surface area (TPSA) is 76.0 Å². The van der Waals surface area contributed by atoms with E-state index in [2.05, 4.69) is 47.2 Å². The highest BCUT2D eigenvalue weighted by molar-refractivity contribution is 5.85. The predicted molar refractivity (Wildman–Crippen MR) is 161 cm³/mol. The van der Waals surface area contributed by atoms with Gasteiger partial charge in [-0.1, -0.05) is 41.8 Å². The van der Waals surface area contributed by atoms with Crippen LogP contribution in [0.4, 0.5) is 18.9 Å². The number of benzene rings is 1. The Balaban J connectivity index is 1.43. The van der Waals surface area contributed by atoms with Crippen molar-refractivity contribution < 1.29 is 27.5 Å². The smallest absolute Gasteiger partial charge is 0.457 e. The summed E-state index contributed by atoms with van der Waals surface area (Å²) in [5.74, 6) is 2.50. The molecule has 1 aliphatic heterocycles. The molecule has 1 heterocycles. The molecular formula is C35H39F3N2O4. The minimum atomic E-state index is -4.64. The summed E-state index contributed by atoms with van der Waals surface area (Å²) < 4.78 is 44.4. The number of anilines is 1. The quantitative estimate of drug-likeness (QED) is 0.193. The molecule has 0 aromatic heterocycles. The third kappa shape index (κ3) is 5.73. The normalized spacial score (nSPS) is 32.9. The first-order valence-corrected chi connectivity index (χ1v) is 15.9. The number of hydrogen-bond donors (Lipinski definition) is 0. The first-order chi connectivity index (χ1) is 21.0. The van der Waals surface area contributed by atoms with Gasteiger partial charge in [0.2, 0.25) is 0 Å². The molecule has 0 spiro atoms. The lowest BCUT2D eigenvalue weighted by molar-refractivity contribution is -0.148. The zero-order chi connectivity index (χ0) is 31.2. The molecule has 6 rings (SSSR count). The summed E-state index contributed by atoms with van der Waals surface area (Å²) in [4.78, 5) is 39.1. The molecule has 2 saturated carbocycles. The van der Waals surface area contributed by atoms with Crippen LogP contribution in [0.2, 0.25) is 0 Å². The molecule has 3 unspecified atom stereocenters. The number of esters is 1. The fraction of sp³-hybridized carbons (Fsp3) is 0.600. The van der Waals surface area contributed by atoms with Gasteiger partial charge in [0, 0.05) is 43.5 Å². The van der Waals surface area contributed by atoms with E-state index in [1.165, 1.54) is 36.9 Å². The molecule has 4 aliphatic carbocycles. The van der Waals surface area contributed by atoms with Crippen LogP contribution in [0.1, 0.15) is 76.7 Å². The van der Waals surface area contributed by atoms with Crippen LogP contribution in [0.15, 0.2) is 52.2 Å². The molecule has 1 aromatic rings. The number of nitrogens with zero attached hydrogens (tertiary/aromatic N) is 2. The summed E-state index contributed by atoms with van der Waals surface area (Å²) in [5, 5.41) is 3.18. The number of carbonyl (C=O) groups is 2. The predicted octanol–water partition coefficient (Wildman–Crippen LogP) is 7.29. The van der Waals surface area contributed by atoms with Crippen LogP contribution < -0.4 is 4.90 Å². The van der Waals surface area contributed by atoms with E-state index in [0.29, 0.717) is 12.8 Å². The number of rotatable bonds is 6. The number of ketones is 1. The molecule has 0 bridgehead atoms. The zero-order valence-corrected chi connectivity index (χ0v) is 25.3. The van der Waals surface area contributed by atoms with Gasteiger partial charge in [-0.25, -0.2) is 0 Å². The van der Waals surface area contributed by atoms with Gasteiger partial charge in [-0.15, -0.1) is 0 Å². The molecular weight excluding hydrogens is 569 g/mol. The number of ether oxygens (including phenoxy) is 1. The van der Waals surface area contributed by atoms with Crippen molar-refractivity contribution in [1.82, 2.24) is 0 Å². The first kappa shape index (κ1) is 30.6. The molecule has 1 saturated heterocycles. The molecule has 3 fully saturated rings. The maximum absolute atomic E-state index is 13.4. The Bertz CT molecular complexity index is 1450. The van der Waals surface area contributed by atoms with E-state index >= 15 is 0 Å². The first-order valence-electron chi connectivity index (χ1n) is 15.9. The largest absolute Gasteiger partial charge is 0.458 e. The maximum atomic E-state index is 13.4. The van der Waals surface area contributed by atoms with E-state index in [4.69, 9.17) is 4.74 Å². The highest BCUT2D eigenvalue weighted by Crippen LogP contribution is 2.66. The molecule has 44 heavy (non-hydrogen) atoms. The molecule has 0 N–H and O–H groups in total. The lowest BCUT2D eigenvalue weighted by Crippen LogP contribution is -2.45. The number of nitroso groups, excluding NO2 is 1. The lowest BCUT2D eigenvalue weighted by Gasteiger charge is -2.53. The minimum Gasteiger partial charge on any atom is -0.458 e. The van der Waals surface area contributed by atoms with Gasteiger partial charge in [0.1, 0.15) is 12.6 Å². The second-order valence-electron chi connectivity index (χ2n) is 13.5. The number of hydrogen-bond acceptors (Lipinski definition) is 6. The van der Waals surface area contributed by atoms with Gasteiger partial charge in [-0.05, 0) is 97.5 Å². The van der Waals surface area contributed by atoms with Crippen LogP contribution in [0.25, 0.3) is 0 Å². The summed E-state index contributed by atoms with van der Waals surface area (Å²) in [5.41, 5.74) is 5.28. The number of Topliss-reactive ketones (excluding diaryl/α,β-unsaturated/α-hetero) is 1. The standard InChI is InChI=1S/C35H39F3N2O4/c1-21(41)44-20-32(42)30-12-11-29-26-10-7-23-18-31(39-43)24(13-14-35(36,37)38)17-27(23)33(26)28(19-34(29,30)2)22-5-8-25(9-6-22)40-15-3-4-16-40/h5-6,8-9,18,24,26,28-31H,3-4,7,10-12,15-17,19-20H2,1-2H3/t24?,26-,28?,29-,30+,31?,34-/m0/s1. The summed E-state index contributed by atoms with van der Waals surface area (Å²) >= 11 is 0.